The van der Waals surface area contributed by atoms with Crippen molar-refractivity contribution in [1.29, 1.82) is 0 Å². The van der Waals surface area contributed by atoms with Gasteiger partial charge in [0, 0.05) is 16.6 Å². The number of pyridine rings is 1. The molecule has 0 aliphatic rings. The van der Waals surface area contributed by atoms with Crippen LogP contribution in [0.2, 0.25) is 0 Å². The summed E-state index contributed by atoms with van der Waals surface area (Å²) in [4.78, 5) is 14.3. The molecule has 0 unspecified atom stereocenters. The number of oxime groups is 1. The molecule has 0 saturated carbocycles. The van der Waals surface area contributed by atoms with Crippen LogP contribution in [0.25, 0.3) is 0 Å². The van der Waals surface area contributed by atoms with Crippen LogP contribution in [0, 0.1) is 10.1 Å². The van der Waals surface area contributed by atoms with Crippen LogP contribution < -0.4 is 10.5 Å². The minimum Gasteiger partial charge on any atom is -0.439 e. The SMILES string of the molecule is N/C(=N/O)c1cccc(Oc2cc(Br)cc([N+](=O)[O-])c2)n1. The maximum atomic E-state index is 10.8. The van der Waals surface area contributed by atoms with Crippen molar-refractivity contribution in [1.82, 2.24) is 4.98 Å². The van der Waals surface area contributed by atoms with Gasteiger partial charge in [-0.05, 0) is 12.1 Å². The quantitative estimate of drug-likeness (QED) is 0.286. The summed E-state index contributed by atoms with van der Waals surface area (Å²) in [6.45, 7) is 0. The molecule has 3 N–H and O–H groups in total. The lowest BCUT2D eigenvalue weighted by atomic mass is 10.3. The molecule has 2 aromatic rings. The summed E-state index contributed by atoms with van der Waals surface area (Å²) in [6, 6.07) is 8.86. The van der Waals surface area contributed by atoms with Crippen molar-refractivity contribution < 1.29 is 14.9 Å². The van der Waals surface area contributed by atoms with E-state index in [2.05, 4.69) is 26.1 Å². The Balaban J connectivity index is 2.32. The second-order valence-electron chi connectivity index (χ2n) is 3.85. The summed E-state index contributed by atoms with van der Waals surface area (Å²) in [5, 5.41) is 22.2. The van der Waals surface area contributed by atoms with Crippen LogP contribution in [0.15, 0.2) is 46.0 Å². The lowest BCUT2D eigenvalue weighted by Crippen LogP contribution is -2.14. The molecule has 0 radical (unpaired) electrons. The fraction of sp³-hybridized carbons (Fsp3) is 0. The van der Waals surface area contributed by atoms with Crippen molar-refractivity contribution in [3.05, 3.63) is 56.7 Å². The average Bonchev–Trinajstić information content (AvgIpc) is 2.46. The van der Waals surface area contributed by atoms with E-state index in [1.807, 2.05) is 0 Å². The Hall–Kier alpha value is -2.68. The van der Waals surface area contributed by atoms with E-state index in [-0.39, 0.29) is 28.8 Å². The van der Waals surface area contributed by atoms with Crippen LogP contribution in [0.4, 0.5) is 5.69 Å². The highest BCUT2D eigenvalue weighted by molar-refractivity contribution is 9.10. The van der Waals surface area contributed by atoms with Crippen LogP contribution in [-0.2, 0) is 0 Å². The number of non-ortho nitro benzene ring substituents is 1. The van der Waals surface area contributed by atoms with Gasteiger partial charge in [0.1, 0.15) is 11.4 Å². The predicted octanol–water partition coefficient (Wildman–Crippen LogP) is 2.64. The molecule has 21 heavy (non-hydrogen) atoms. The number of nitro benzene ring substituents is 1. The standard InChI is InChI=1S/C12H9BrN4O4/c13-7-4-8(17(19)20)6-9(5-7)21-11-3-1-2-10(15-11)12(14)16-18/h1-6,18H,(H2,14,16). The summed E-state index contributed by atoms with van der Waals surface area (Å²) in [5.41, 5.74) is 5.53. The third-order valence-electron chi connectivity index (χ3n) is 2.38. The van der Waals surface area contributed by atoms with Gasteiger partial charge in [-0.25, -0.2) is 4.98 Å². The molecule has 1 aromatic heterocycles. The van der Waals surface area contributed by atoms with Gasteiger partial charge in [0.15, 0.2) is 5.84 Å². The summed E-state index contributed by atoms with van der Waals surface area (Å²) < 4.78 is 5.95. The third kappa shape index (κ3) is 3.66. The molecule has 0 saturated heterocycles. The average molecular weight is 353 g/mol. The summed E-state index contributed by atoms with van der Waals surface area (Å²) in [7, 11) is 0. The maximum absolute atomic E-state index is 10.8. The number of benzene rings is 1. The van der Waals surface area contributed by atoms with Crippen molar-refractivity contribution in [3.63, 3.8) is 0 Å². The molecule has 1 aromatic carbocycles. The van der Waals surface area contributed by atoms with E-state index in [0.717, 1.165) is 0 Å². The van der Waals surface area contributed by atoms with E-state index >= 15 is 0 Å². The molecule has 0 spiro atoms. The van der Waals surface area contributed by atoms with Gasteiger partial charge in [0.05, 0.1) is 11.0 Å². The normalized spacial score (nSPS) is 11.2. The lowest BCUT2D eigenvalue weighted by molar-refractivity contribution is -0.385. The molecule has 0 amide bonds. The molecular formula is C12H9BrN4O4. The number of aromatic nitrogens is 1. The fourth-order valence-corrected chi connectivity index (χ4v) is 1.96. The first-order chi connectivity index (χ1) is 9.99. The Bertz CT molecular complexity index is 720. The van der Waals surface area contributed by atoms with Crippen molar-refractivity contribution >= 4 is 27.5 Å². The minimum absolute atomic E-state index is 0.119. The molecule has 2 rings (SSSR count). The first kappa shape index (κ1) is 14.7. The van der Waals surface area contributed by atoms with Gasteiger partial charge in [-0.1, -0.05) is 27.2 Å². The Kier molecular flexibility index (Phi) is 4.33. The number of ether oxygens (including phenoxy) is 1. The maximum Gasteiger partial charge on any atom is 0.274 e. The monoisotopic (exact) mass is 352 g/mol. The van der Waals surface area contributed by atoms with Crippen LogP contribution in [-0.4, -0.2) is 21.0 Å². The second kappa shape index (κ2) is 6.18. The van der Waals surface area contributed by atoms with E-state index in [9.17, 15) is 10.1 Å². The van der Waals surface area contributed by atoms with Gasteiger partial charge >= 0.3 is 0 Å². The van der Waals surface area contributed by atoms with Crippen LogP contribution in [0.5, 0.6) is 11.6 Å². The van der Waals surface area contributed by atoms with Gasteiger partial charge in [-0.15, -0.1) is 0 Å². The zero-order valence-electron chi connectivity index (χ0n) is 10.4. The fourth-order valence-electron chi connectivity index (χ4n) is 1.50. The molecule has 0 aliphatic heterocycles. The van der Waals surface area contributed by atoms with Gasteiger partial charge in [0.25, 0.3) is 5.69 Å². The first-order valence-corrected chi connectivity index (χ1v) is 6.36. The molecule has 108 valence electrons. The number of hydrogen-bond acceptors (Lipinski definition) is 6. The molecular weight excluding hydrogens is 344 g/mol. The van der Waals surface area contributed by atoms with Crippen molar-refractivity contribution in [2.45, 2.75) is 0 Å². The molecule has 0 bridgehead atoms. The van der Waals surface area contributed by atoms with Gasteiger partial charge < -0.3 is 15.7 Å². The highest BCUT2D eigenvalue weighted by Crippen LogP contribution is 2.29. The van der Waals surface area contributed by atoms with Crippen LogP contribution in [0.1, 0.15) is 5.69 Å². The van der Waals surface area contributed by atoms with E-state index in [1.54, 1.807) is 18.2 Å². The number of halogens is 1. The van der Waals surface area contributed by atoms with Gasteiger partial charge in [-0.2, -0.15) is 0 Å². The molecule has 0 fully saturated rings. The topological polar surface area (TPSA) is 124 Å². The molecule has 1 heterocycles. The first-order valence-electron chi connectivity index (χ1n) is 5.57. The van der Waals surface area contributed by atoms with Crippen molar-refractivity contribution in [2.75, 3.05) is 0 Å². The van der Waals surface area contributed by atoms with E-state index in [1.165, 1.54) is 18.2 Å². The van der Waals surface area contributed by atoms with E-state index in [0.29, 0.717) is 4.47 Å². The zero-order valence-corrected chi connectivity index (χ0v) is 12.0. The molecule has 0 aliphatic carbocycles. The Morgan fingerprint density at radius 3 is 2.86 bits per heavy atom. The number of nitrogens with zero attached hydrogens (tertiary/aromatic N) is 3. The van der Waals surface area contributed by atoms with Gasteiger partial charge in [-0.3, -0.25) is 10.1 Å². The summed E-state index contributed by atoms with van der Waals surface area (Å²) in [6.07, 6.45) is 0. The predicted molar refractivity (Wildman–Crippen MR) is 77.6 cm³/mol. The smallest absolute Gasteiger partial charge is 0.274 e. The largest absolute Gasteiger partial charge is 0.439 e. The van der Waals surface area contributed by atoms with Crippen LogP contribution in [0.3, 0.4) is 0 Å². The second-order valence-corrected chi connectivity index (χ2v) is 4.77. The molecule has 9 heteroatoms. The Labute approximate surface area is 127 Å². The highest BCUT2D eigenvalue weighted by Gasteiger charge is 2.11. The van der Waals surface area contributed by atoms with E-state index < -0.39 is 4.92 Å². The third-order valence-corrected chi connectivity index (χ3v) is 2.84. The number of rotatable bonds is 4. The number of nitro groups is 1. The van der Waals surface area contributed by atoms with Crippen molar-refractivity contribution in [3.8, 4) is 11.6 Å². The minimum atomic E-state index is -0.530. The lowest BCUT2D eigenvalue weighted by Gasteiger charge is -2.06. The Morgan fingerprint density at radius 1 is 1.43 bits per heavy atom. The number of hydrogen-bond donors (Lipinski definition) is 2. The van der Waals surface area contributed by atoms with E-state index in [4.69, 9.17) is 15.7 Å². The number of amidine groups is 1. The Morgan fingerprint density at radius 2 is 2.19 bits per heavy atom. The highest BCUT2D eigenvalue weighted by atomic mass is 79.9. The summed E-state index contributed by atoms with van der Waals surface area (Å²) >= 11 is 3.17. The van der Waals surface area contributed by atoms with Crippen LogP contribution >= 0.6 is 15.9 Å². The summed E-state index contributed by atoms with van der Waals surface area (Å²) in [5.74, 6) is 0.229. The van der Waals surface area contributed by atoms with Crippen molar-refractivity contribution in [2.24, 2.45) is 10.9 Å². The number of nitrogens with two attached hydrogens (primary N) is 1. The van der Waals surface area contributed by atoms with Gasteiger partial charge in [0.2, 0.25) is 5.88 Å². The molecule has 8 nitrogen and oxygen atoms in total. The molecule has 0 atom stereocenters. The zero-order chi connectivity index (χ0) is 15.4.